The Morgan fingerprint density at radius 3 is 2.96 bits per heavy atom. The third-order valence-electron chi connectivity index (χ3n) is 3.69. The first kappa shape index (κ1) is 16.0. The van der Waals surface area contributed by atoms with Crippen molar-refractivity contribution in [3.63, 3.8) is 0 Å². The first-order chi connectivity index (χ1) is 11.5. The zero-order chi connectivity index (χ0) is 17.1. The highest BCUT2D eigenvalue weighted by molar-refractivity contribution is 5.88. The van der Waals surface area contributed by atoms with Crippen molar-refractivity contribution in [2.24, 2.45) is 5.92 Å². The predicted molar refractivity (Wildman–Crippen MR) is 88.7 cm³/mol. The standard InChI is InChI=1S/C17H20N4O3/c1-11(2)9-24-16-6-15(18-10-19-16)20-17(23)21-7-12-4-3-5-14(22)13(12)8-21/h3-6,10-11,22H,7-9H2,1-2H3,(H,18,19,20,23). The van der Waals surface area contributed by atoms with Crippen molar-refractivity contribution >= 4 is 11.8 Å². The molecule has 0 radical (unpaired) electrons. The van der Waals surface area contributed by atoms with Gasteiger partial charge < -0.3 is 14.7 Å². The molecular weight excluding hydrogens is 308 g/mol. The number of hydrogen-bond acceptors (Lipinski definition) is 5. The van der Waals surface area contributed by atoms with Gasteiger partial charge in [0.05, 0.1) is 13.2 Å². The largest absolute Gasteiger partial charge is 0.508 e. The fraction of sp³-hybridized carbons (Fsp3) is 0.353. The second-order valence-corrected chi connectivity index (χ2v) is 6.15. The molecule has 7 nitrogen and oxygen atoms in total. The minimum absolute atomic E-state index is 0.217. The van der Waals surface area contributed by atoms with Crippen LogP contribution in [0.1, 0.15) is 25.0 Å². The number of benzene rings is 1. The van der Waals surface area contributed by atoms with Gasteiger partial charge in [-0.05, 0) is 17.5 Å². The molecule has 0 bridgehead atoms. The molecule has 1 aliphatic rings. The van der Waals surface area contributed by atoms with E-state index in [9.17, 15) is 9.90 Å². The Morgan fingerprint density at radius 1 is 1.38 bits per heavy atom. The molecular formula is C17H20N4O3. The number of phenolic OH excluding ortho intramolecular Hbond substituents is 1. The van der Waals surface area contributed by atoms with E-state index in [0.29, 0.717) is 37.3 Å². The van der Waals surface area contributed by atoms with Crippen LogP contribution in [0.15, 0.2) is 30.6 Å². The highest BCUT2D eigenvalue weighted by Crippen LogP contribution is 2.30. The normalized spacial score (nSPS) is 13.0. The van der Waals surface area contributed by atoms with Crippen molar-refractivity contribution in [2.45, 2.75) is 26.9 Å². The monoisotopic (exact) mass is 328 g/mol. The molecule has 126 valence electrons. The molecule has 0 atom stereocenters. The van der Waals surface area contributed by atoms with Gasteiger partial charge in [-0.15, -0.1) is 0 Å². The maximum atomic E-state index is 12.4. The van der Waals surface area contributed by atoms with E-state index in [1.165, 1.54) is 6.33 Å². The number of aromatic hydroxyl groups is 1. The van der Waals surface area contributed by atoms with Gasteiger partial charge in [-0.1, -0.05) is 26.0 Å². The molecule has 2 N–H and O–H groups in total. The van der Waals surface area contributed by atoms with Gasteiger partial charge in [0.1, 0.15) is 17.9 Å². The Balaban J connectivity index is 1.64. The zero-order valence-electron chi connectivity index (χ0n) is 13.7. The summed E-state index contributed by atoms with van der Waals surface area (Å²) in [5.74, 6) is 1.41. The third kappa shape index (κ3) is 3.56. The number of carbonyl (C=O) groups is 1. The second kappa shape index (κ2) is 6.74. The summed E-state index contributed by atoms with van der Waals surface area (Å²) < 4.78 is 5.53. The molecule has 0 aliphatic carbocycles. The first-order valence-electron chi connectivity index (χ1n) is 7.83. The van der Waals surface area contributed by atoms with Crippen molar-refractivity contribution < 1.29 is 14.6 Å². The molecule has 1 aliphatic heterocycles. The third-order valence-corrected chi connectivity index (χ3v) is 3.69. The van der Waals surface area contributed by atoms with Crippen LogP contribution in [0.3, 0.4) is 0 Å². The summed E-state index contributed by atoms with van der Waals surface area (Å²) in [5.41, 5.74) is 1.74. The second-order valence-electron chi connectivity index (χ2n) is 6.15. The van der Waals surface area contributed by atoms with Crippen LogP contribution in [0, 0.1) is 5.92 Å². The van der Waals surface area contributed by atoms with Crippen LogP contribution in [-0.4, -0.2) is 32.6 Å². The Hall–Kier alpha value is -2.83. The van der Waals surface area contributed by atoms with Gasteiger partial charge in [0, 0.05) is 18.2 Å². The van der Waals surface area contributed by atoms with Gasteiger partial charge >= 0.3 is 6.03 Å². The highest BCUT2D eigenvalue weighted by atomic mass is 16.5. The average Bonchev–Trinajstić information content (AvgIpc) is 2.99. The van der Waals surface area contributed by atoms with Crippen molar-refractivity contribution in [2.75, 3.05) is 11.9 Å². The Kier molecular flexibility index (Phi) is 4.50. The number of phenols is 1. The van der Waals surface area contributed by atoms with Gasteiger partial charge in [0.15, 0.2) is 0 Å². The summed E-state index contributed by atoms with van der Waals surface area (Å²) in [6.07, 6.45) is 1.36. The van der Waals surface area contributed by atoms with E-state index in [4.69, 9.17) is 4.74 Å². The lowest BCUT2D eigenvalue weighted by Crippen LogP contribution is -2.30. The zero-order valence-corrected chi connectivity index (χ0v) is 13.7. The molecule has 0 saturated heterocycles. The summed E-state index contributed by atoms with van der Waals surface area (Å²) >= 11 is 0. The SMILES string of the molecule is CC(C)COc1cc(NC(=O)N2Cc3cccc(O)c3C2)ncn1. The number of carbonyl (C=O) groups excluding carboxylic acids is 1. The lowest BCUT2D eigenvalue weighted by molar-refractivity contribution is 0.212. The topological polar surface area (TPSA) is 87.6 Å². The summed E-state index contributed by atoms with van der Waals surface area (Å²) in [6, 6.07) is 6.63. The number of anilines is 1. The van der Waals surface area contributed by atoms with E-state index in [1.54, 1.807) is 23.1 Å². The van der Waals surface area contributed by atoms with Crippen LogP contribution in [0.25, 0.3) is 0 Å². The van der Waals surface area contributed by atoms with Crippen LogP contribution >= 0.6 is 0 Å². The predicted octanol–water partition coefficient (Wildman–Crippen LogP) is 2.76. The average molecular weight is 328 g/mol. The van der Waals surface area contributed by atoms with Crippen LogP contribution in [0.5, 0.6) is 11.6 Å². The van der Waals surface area contributed by atoms with E-state index in [1.807, 2.05) is 19.9 Å². The van der Waals surface area contributed by atoms with E-state index >= 15 is 0 Å². The highest BCUT2D eigenvalue weighted by Gasteiger charge is 2.25. The number of amides is 2. The van der Waals surface area contributed by atoms with E-state index in [2.05, 4.69) is 15.3 Å². The number of ether oxygens (including phenoxy) is 1. The quantitative estimate of drug-likeness (QED) is 0.901. The first-order valence-corrected chi connectivity index (χ1v) is 7.83. The number of urea groups is 1. The van der Waals surface area contributed by atoms with Crippen LogP contribution in [-0.2, 0) is 13.1 Å². The Morgan fingerprint density at radius 2 is 2.21 bits per heavy atom. The molecule has 2 aromatic rings. The molecule has 0 unspecified atom stereocenters. The molecule has 7 heteroatoms. The van der Waals surface area contributed by atoms with E-state index < -0.39 is 0 Å². The molecule has 3 rings (SSSR count). The molecule has 1 aromatic carbocycles. The number of nitrogens with zero attached hydrogens (tertiary/aromatic N) is 3. The molecule has 2 heterocycles. The van der Waals surface area contributed by atoms with Crippen LogP contribution in [0.4, 0.5) is 10.6 Å². The van der Waals surface area contributed by atoms with Crippen LogP contribution in [0.2, 0.25) is 0 Å². The molecule has 0 saturated carbocycles. The van der Waals surface area contributed by atoms with Crippen molar-refractivity contribution in [1.29, 1.82) is 0 Å². The maximum Gasteiger partial charge on any atom is 0.323 e. The minimum atomic E-state index is -0.279. The van der Waals surface area contributed by atoms with Crippen molar-refractivity contribution in [1.82, 2.24) is 14.9 Å². The fourth-order valence-corrected chi connectivity index (χ4v) is 2.48. The van der Waals surface area contributed by atoms with Gasteiger partial charge in [0.25, 0.3) is 0 Å². The summed E-state index contributed by atoms with van der Waals surface area (Å²) in [4.78, 5) is 22.1. The number of rotatable bonds is 4. The lowest BCUT2D eigenvalue weighted by Gasteiger charge is -2.16. The summed E-state index contributed by atoms with van der Waals surface area (Å²) in [7, 11) is 0. The molecule has 0 spiro atoms. The molecule has 2 amide bonds. The number of fused-ring (bicyclic) bond motifs is 1. The molecule has 24 heavy (non-hydrogen) atoms. The van der Waals surface area contributed by atoms with Gasteiger partial charge in [-0.25, -0.2) is 14.8 Å². The van der Waals surface area contributed by atoms with Gasteiger partial charge in [-0.2, -0.15) is 0 Å². The molecule has 1 aromatic heterocycles. The summed E-state index contributed by atoms with van der Waals surface area (Å²) in [6.45, 7) is 5.47. The van der Waals surface area contributed by atoms with Crippen molar-refractivity contribution in [3.8, 4) is 11.6 Å². The number of hydrogen-bond donors (Lipinski definition) is 2. The van der Waals surface area contributed by atoms with Gasteiger partial charge in [0.2, 0.25) is 5.88 Å². The fourth-order valence-electron chi connectivity index (χ4n) is 2.48. The number of aromatic nitrogens is 2. The van der Waals surface area contributed by atoms with E-state index in [-0.39, 0.29) is 11.8 Å². The van der Waals surface area contributed by atoms with Crippen molar-refractivity contribution in [3.05, 3.63) is 41.7 Å². The smallest absolute Gasteiger partial charge is 0.323 e. The number of nitrogens with one attached hydrogen (secondary N) is 1. The Bertz CT molecular complexity index is 748. The lowest BCUT2D eigenvalue weighted by atomic mass is 10.1. The Labute approximate surface area is 140 Å². The molecule has 0 fully saturated rings. The minimum Gasteiger partial charge on any atom is -0.508 e. The van der Waals surface area contributed by atoms with E-state index in [0.717, 1.165) is 11.1 Å². The van der Waals surface area contributed by atoms with Crippen LogP contribution < -0.4 is 10.1 Å². The summed E-state index contributed by atoms with van der Waals surface area (Å²) in [5, 5.41) is 12.6. The maximum absolute atomic E-state index is 12.4. The van der Waals surface area contributed by atoms with Gasteiger partial charge in [-0.3, -0.25) is 5.32 Å².